The van der Waals surface area contributed by atoms with E-state index < -0.39 is 5.97 Å². The smallest absolute Gasteiger partial charge is 0.337 e. The second-order valence-electron chi connectivity index (χ2n) is 6.04. The Kier molecular flexibility index (Phi) is 5.54. The summed E-state index contributed by atoms with van der Waals surface area (Å²) in [5.41, 5.74) is 1.77. The zero-order chi connectivity index (χ0) is 20.3. The molecule has 0 saturated heterocycles. The quantitative estimate of drug-likeness (QED) is 0.667. The Morgan fingerprint density at radius 2 is 1.43 bits per heavy atom. The molecule has 7 nitrogen and oxygen atoms in total. The van der Waals surface area contributed by atoms with Crippen molar-refractivity contribution in [1.29, 1.82) is 0 Å². The molecule has 7 heteroatoms. The largest absolute Gasteiger partial charge is 0.493 e. The summed E-state index contributed by atoms with van der Waals surface area (Å²) >= 11 is 0. The first-order valence-corrected chi connectivity index (χ1v) is 8.50. The molecule has 0 aliphatic carbocycles. The van der Waals surface area contributed by atoms with E-state index in [1.165, 1.54) is 20.4 Å². The van der Waals surface area contributed by atoms with Crippen molar-refractivity contribution < 1.29 is 28.8 Å². The van der Waals surface area contributed by atoms with Gasteiger partial charge in [0, 0.05) is 23.4 Å². The number of carboxylic acids is 1. The minimum Gasteiger partial charge on any atom is -0.493 e. The number of aromatic carboxylic acids is 1. The molecule has 0 amide bonds. The molecule has 0 fully saturated rings. The van der Waals surface area contributed by atoms with E-state index in [4.69, 9.17) is 18.9 Å². The van der Waals surface area contributed by atoms with Crippen molar-refractivity contribution in [2.45, 2.75) is 6.42 Å². The fourth-order valence-electron chi connectivity index (χ4n) is 3.12. The number of carboxylic acid groups (broad SMARTS) is 1. The molecular weight excluding hydrogens is 362 g/mol. The molecule has 0 saturated carbocycles. The number of benzene rings is 2. The Labute approximate surface area is 162 Å². The fourth-order valence-corrected chi connectivity index (χ4v) is 3.12. The van der Waals surface area contributed by atoms with Crippen LogP contribution in [-0.4, -0.2) is 44.5 Å². The second kappa shape index (κ2) is 8.04. The molecule has 0 aliphatic rings. The van der Waals surface area contributed by atoms with Crippen LogP contribution in [0.25, 0.3) is 10.8 Å². The molecule has 3 aromatic rings. The van der Waals surface area contributed by atoms with Gasteiger partial charge in [-0.05, 0) is 29.8 Å². The van der Waals surface area contributed by atoms with Gasteiger partial charge in [-0.1, -0.05) is 6.07 Å². The van der Waals surface area contributed by atoms with Crippen molar-refractivity contribution in [3.63, 3.8) is 0 Å². The van der Waals surface area contributed by atoms with Gasteiger partial charge < -0.3 is 24.1 Å². The normalized spacial score (nSPS) is 10.6. The van der Waals surface area contributed by atoms with Gasteiger partial charge in [-0.25, -0.2) is 4.79 Å². The molecule has 0 unspecified atom stereocenters. The van der Waals surface area contributed by atoms with Crippen LogP contribution >= 0.6 is 0 Å². The molecule has 3 rings (SSSR count). The number of rotatable bonds is 7. The van der Waals surface area contributed by atoms with Gasteiger partial charge in [0.05, 0.1) is 39.7 Å². The van der Waals surface area contributed by atoms with Crippen molar-refractivity contribution in [2.75, 3.05) is 28.4 Å². The molecule has 0 spiro atoms. The van der Waals surface area contributed by atoms with Crippen molar-refractivity contribution in [3.05, 3.63) is 53.3 Å². The minimum atomic E-state index is -1.05. The van der Waals surface area contributed by atoms with E-state index in [1.54, 1.807) is 26.4 Å². The lowest BCUT2D eigenvalue weighted by molar-refractivity contribution is 0.0698. The first-order valence-electron chi connectivity index (χ1n) is 8.50. The van der Waals surface area contributed by atoms with E-state index in [0.29, 0.717) is 45.9 Å². The summed E-state index contributed by atoms with van der Waals surface area (Å²) < 4.78 is 21.3. The van der Waals surface area contributed by atoms with Crippen molar-refractivity contribution >= 4 is 16.7 Å². The van der Waals surface area contributed by atoms with Crippen LogP contribution in [0.4, 0.5) is 0 Å². The summed E-state index contributed by atoms with van der Waals surface area (Å²) in [5.74, 6) is 1.17. The Morgan fingerprint density at radius 1 is 0.857 bits per heavy atom. The highest BCUT2D eigenvalue weighted by atomic mass is 16.5. The van der Waals surface area contributed by atoms with Crippen LogP contribution in [0.5, 0.6) is 23.0 Å². The van der Waals surface area contributed by atoms with E-state index in [9.17, 15) is 9.90 Å². The summed E-state index contributed by atoms with van der Waals surface area (Å²) in [4.78, 5) is 16.1. The second-order valence-corrected chi connectivity index (χ2v) is 6.04. The Balaban J connectivity index is 2.16. The average Bonchev–Trinajstić information content (AvgIpc) is 2.72. The zero-order valence-electron chi connectivity index (χ0n) is 16.1. The molecule has 1 heterocycles. The standard InChI is InChI=1S/C21H21NO6/c1-25-17-6-5-12(8-18(17)26-2)7-16-14-10-20(28-4)19(27-3)9-13(14)15(11-22-16)21(23)24/h5-6,8-11H,7H2,1-4H3,(H,23,24). The molecule has 0 radical (unpaired) electrons. The van der Waals surface area contributed by atoms with Crippen LogP contribution in [0.1, 0.15) is 21.6 Å². The highest BCUT2D eigenvalue weighted by Crippen LogP contribution is 2.36. The number of nitrogens with zero attached hydrogens (tertiary/aromatic N) is 1. The lowest BCUT2D eigenvalue weighted by Gasteiger charge is -2.14. The summed E-state index contributed by atoms with van der Waals surface area (Å²) in [5, 5.41) is 10.8. The van der Waals surface area contributed by atoms with Crippen LogP contribution in [0, 0.1) is 0 Å². The van der Waals surface area contributed by atoms with Gasteiger partial charge >= 0.3 is 5.97 Å². The lowest BCUT2D eigenvalue weighted by Crippen LogP contribution is -2.04. The molecule has 146 valence electrons. The number of ether oxygens (including phenoxy) is 4. The van der Waals surface area contributed by atoms with E-state index >= 15 is 0 Å². The molecule has 0 atom stereocenters. The maximum atomic E-state index is 11.7. The predicted octanol–water partition coefficient (Wildman–Crippen LogP) is 3.56. The molecule has 0 bridgehead atoms. The summed E-state index contributed by atoms with van der Waals surface area (Å²) in [7, 11) is 6.20. The number of methoxy groups -OCH3 is 4. The van der Waals surface area contributed by atoms with E-state index in [1.807, 2.05) is 18.2 Å². The van der Waals surface area contributed by atoms with Gasteiger partial charge in [0.2, 0.25) is 0 Å². The third-order valence-electron chi connectivity index (χ3n) is 4.52. The van der Waals surface area contributed by atoms with Crippen LogP contribution in [0.3, 0.4) is 0 Å². The number of aromatic nitrogens is 1. The fraction of sp³-hybridized carbons (Fsp3) is 0.238. The summed E-state index contributed by atoms with van der Waals surface area (Å²) in [6.45, 7) is 0. The van der Waals surface area contributed by atoms with Crippen LogP contribution in [0.2, 0.25) is 0 Å². The average molecular weight is 383 g/mol. The van der Waals surface area contributed by atoms with Crippen molar-refractivity contribution in [3.8, 4) is 23.0 Å². The first kappa shape index (κ1) is 19.3. The third-order valence-corrected chi connectivity index (χ3v) is 4.52. The molecule has 1 aromatic heterocycles. The van der Waals surface area contributed by atoms with Crippen LogP contribution < -0.4 is 18.9 Å². The molecular formula is C21H21NO6. The van der Waals surface area contributed by atoms with Gasteiger partial charge in [-0.2, -0.15) is 0 Å². The first-order chi connectivity index (χ1) is 13.5. The highest BCUT2D eigenvalue weighted by molar-refractivity contribution is 6.05. The number of fused-ring (bicyclic) bond motifs is 1. The number of pyridine rings is 1. The molecule has 28 heavy (non-hydrogen) atoms. The zero-order valence-corrected chi connectivity index (χ0v) is 16.1. The highest BCUT2D eigenvalue weighted by Gasteiger charge is 2.17. The molecule has 1 N–H and O–H groups in total. The summed E-state index contributed by atoms with van der Waals surface area (Å²) in [6, 6.07) is 9.03. The topological polar surface area (TPSA) is 87.1 Å². The van der Waals surface area contributed by atoms with Crippen molar-refractivity contribution in [2.24, 2.45) is 0 Å². The van der Waals surface area contributed by atoms with E-state index in [0.717, 1.165) is 5.56 Å². The van der Waals surface area contributed by atoms with Crippen molar-refractivity contribution in [1.82, 2.24) is 4.98 Å². The number of carbonyl (C=O) groups is 1. The molecule has 0 aliphatic heterocycles. The van der Waals surface area contributed by atoms with E-state index in [-0.39, 0.29) is 5.56 Å². The third kappa shape index (κ3) is 3.51. The van der Waals surface area contributed by atoms with Crippen LogP contribution in [-0.2, 0) is 6.42 Å². The Morgan fingerprint density at radius 3 is 2.00 bits per heavy atom. The van der Waals surface area contributed by atoms with E-state index in [2.05, 4.69) is 4.98 Å². The van der Waals surface area contributed by atoms with Crippen LogP contribution in [0.15, 0.2) is 36.5 Å². The monoisotopic (exact) mass is 383 g/mol. The van der Waals surface area contributed by atoms with Gasteiger partial charge in [0.15, 0.2) is 23.0 Å². The lowest BCUT2D eigenvalue weighted by atomic mass is 9.99. The van der Waals surface area contributed by atoms with Gasteiger partial charge in [0.25, 0.3) is 0 Å². The maximum Gasteiger partial charge on any atom is 0.337 e. The SMILES string of the molecule is COc1ccc(Cc2ncc(C(=O)O)c3cc(OC)c(OC)cc23)cc1OC. The van der Waals surface area contributed by atoms with Gasteiger partial charge in [0.1, 0.15) is 0 Å². The van der Waals surface area contributed by atoms with Gasteiger partial charge in [-0.3, -0.25) is 4.98 Å². The Bertz CT molecular complexity index is 1030. The summed E-state index contributed by atoms with van der Waals surface area (Å²) in [6.07, 6.45) is 1.85. The Hall–Kier alpha value is -3.48. The number of hydrogen-bond donors (Lipinski definition) is 1. The maximum absolute atomic E-state index is 11.7. The molecule has 2 aromatic carbocycles. The predicted molar refractivity (Wildman–Crippen MR) is 104 cm³/mol. The minimum absolute atomic E-state index is 0.104. The number of hydrogen-bond acceptors (Lipinski definition) is 6. The van der Waals surface area contributed by atoms with Gasteiger partial charge in [-0.15, -0.1) is 0 Å².